The molecule has 2 N–H and O–H groups in total. The number of hydrogen-bond donors (Lipinski definition) is 1. The molecule has 1 aromatic carbocycles. The molecule has 1 rings (SSSR count). The predicted octanol–water partition coefficient (Wildman–Crippen LogP) is 2.80. The summed E-state index contributed by atoms with van der Waals surface area (Å²) in [6.07, 6.45) is 0. The van der Waals surface area contributed by atoms with Crippen LogP contribution in [0, 0.1) is 5.92 Å². The molecule has 1 unspecified atom stereocenters. The van der Waals surface area contributed by atoms with E-state index in [1.807, 2.05) is 31.2 Å². The maximum atomic E-state index is 12.2. The summed E-state index contributed by atoms with van der Waals surface area (Å²) in [5.41, 5.74) is 7.50. The standard InChI is InChI=1S/C15H22N2OS/c1-10(2)12-5-7-13(8-6-12)15(18)17(4)9-11(3)14(16)19/h5-8,10-11H,9H2,1-4H3,(H2,16,19). The summed E-state index contributed by atoms with van der Waals surface area (Å²) in [7, 11) is 1.77. The third-order valence-corrected chi connectivity index (χ3v) is 3.61. The topological polar surface area (TPSA) is 46.3 Å². The average molecular weight is 278 g/mol. The van der Waals surface area contributed by atoms with Crippen LogP contribution >= 0.6 is 12.2 Å². The van der Waals surface area contributed by atoms with E-state index < -0.39 is 0 Å². The van der Waals surface area contributed by atoms with Crippen molar-refractivity contribution < 1.29 is 4.79 Å². The van der Waals surface area contributed by atoms with Crippen molar-refractivity contribution >= 4 is 23.1 Å². The average Bonchev–Trinajstić information content (AvgIpc) is 2.37. The highest BCUT2D eigenvalue weighted by atomic mass is 32.1. The minimum Gasteiger partial charge on any atom is -0.393 e. The van der Waals surface area contributed by atoms with E-state index in [0.717, 1.165) is 0 Å². The van der Waals surface area contributed by atoms with Crippen molar-refractivity contribution in [1.82, 2.24) is 4.90 Å². The zero-order valence-electron chi connectivity index (χ0n) is 12.0. The van der Waals surface area contributed by atoms with Crippen LogP contribution in [0.25, 0.3) is 0 Å². The van der Waals surface area contributed by atoms with E-state index in [9.17, 15) is 4.79 Å². The van der Waals surface area contributed by atoms with E-state index in [1.54, 1.807) is 11.9 Å². The zero-order valence-corrected chi connectivity index (χ0v) is 12.8. The van der Waals surface area contributed by atoms with Crippen molar-refractivity contribution in [3.05, 3.63) is 35.4 Å². The van der Waals surface area contributed by atoms with E-state index in [4.69, 9.17) is 18.0 Å². The van der Waals surface area contributed by atoms with E-state index in [0.29, 0.717) is 23.0 Å². The number of amides is 1. The van der Waals surface area contributed by atoms with Gasteiger partial charge in [-0.3, -0.25) is 4.79 Å². The van der Waals surface area contributed by atoms with Crippen LogP contribution in [0.15, 0.2) is 24.3 Å². The Morgan fingerprint density at radius 3 is 2.21 bits per heavy atom. The molecule has 0 fully saturated rings. The van der Waals surface area contributed by atoms with Gasteiger partial charge in [0.2, 0.25) is 0 Å². The van der Waals surface area contributed by atoms with Crippen molar-refractivity contribution in [2.45, 2.75) is 26.7 Å². The van der Waals surface area contributed by atoms with Gasteiger partial charge in [0, 0.05) is 25.1 Å². The first-order chi connectivity index (χ1) is 8.82. The van der Waals surface area contributed by atoms with Gasteiger partial charge in [-0.2, -0.15) is 0 Å². The second-order valence-electron chi connectivity index (χ2n) is 5.27. The van der Waals surface area contributed by atoms with Crippen LogP contribution in [0.2, 0.25) is 0 Å². The van der Waals surface area contributed by atoms with Crippen LogP contribution in [0.3, 0.4) is 0 Å². The van der Waals surface area contributed by atoms with Crippen molar-refractivity contribution in [1.29, 1.82) is 0 Å². The number of carbonyl (C=O) groups excluding carboxylic acids is 1. The maximum Gasteiger partial charge on any atom is 0.253 e. The molecule has 104 valence electrons. The summed E-state index contributed by atoms with van der Waals surface area (Å²) >= 11 is 4.93. The molecule has 3 nitrogen and oxygen atoms in total. The smallest absolute Gasteiger partial charge is 0.253 e. The normalized spacial score (nSPS) is 12.3. The quantitative estimate of drug-likeness (QED) is 0.842. The van der Waals surface area contributed by atoms with Crippen LogP contribution in [0.5, 0.6) is 0 Å². The molecule has 0 saturated heterocycles. The maximum absolute atomic E-state index is 12.2. The third kappa shape index (κ3) is 4.31. The number of rotatable bonds is 5. The van der Waals surface area contributed by atoms with Crippen LogP contribution in [-0.2, 0) is 0 Å². The van der Waals surface area contributed by atoms with Gasteiger partial charge in [-0.05, 0) is 23.6 Å². The van der Waals surface area contributed by atoms with Gasteiger partial charge < -0.3 is 10.6 Å². The van der Waals surface area contributed by atoms with Crippen molar-refractivity contribution in [2.75, 3.05) is 13.6 Å². The summed E-state index contributed by atoms with van der Waals surface area (Å²) in [6.45, 7) is 6.73. The lowest BCUT2D eigenvalue weighted by atomic mass is 10.0. The summed E-state index contributed by atoms with van der Waals surface area (Å²) in [5.74, 6) is 0.494. The number of benzene rings is 1. The first-order valence-electron chi connectivity index (χ1n) is 6.47. The van der Waals surface area contributed by atoms with Crippen LogP contribution in [0.4, 0.5) is 0 Å². The molecule has 0 aliphatic heterocycles. The van der Waals surface area contributed by atoms with E-state index in [1.165, 1.54) is 5.56 Å². The van der Waals surface area contributed by atoms with Gasteiger partial charge in [-0.1, -0.05) is 45.1 Å². The predicted molar refractivity (Wildman–Crippen MR) is 83.4 cm³/mol. The Bertz CT molecular complexity index is 454. The second-order valence-corrected chi connectivity index (χ2v) is 5.74. The lowest BCUT2D eigenvalue weighted by Crippen LogP contribution is -2.35. The monoisotopic (exact) mass is 278 g/mol. The van der Waals surface area contributed by atoms with Gasteiger partial charge in [-0.15, -0.1) is 0 Å². The molecule has 0 aliphatic carbocycles. The SMILES string of the molecule is CC(CN(C)C(=O)c1ccc(C(C)C)cc1)C(N)=S. The molecule has 0 bridgehead atoms. The number of hydrogen-bond acceptors (Lipinski definition) is 2. The fourth-order valence-electron chi connectivity index (χ4n) is 1.81. The summed E-state index contributed by atoms with van der Waals surface area (Å²) in [6, 6.07) is 7.75. The Morgan fingerprint density at radius 2 is 1.79 bits per heavy atom. The van der Waals surface area contributed by atoms with E-state index in [2.05, 4.69) is 13.8 Å². The molecule has 0 aromatic heterocycles. The van der Waals surface area contributed by atoms with Gasteiger partial charge in [-0.25, -0.2) is 0 Å². The first-order valence-corrected chi connectivity index (χ1v) is 6.88. The zero-order chi connectivity index (χ0) is 14.6. The van der Waals surface area contributed by atoms with Crippen molar-refractivity contribution in [2.24, 2.45) is 11.7 Å². The number of nitrogens with zero attached hydrogens (tertiary/aromatic N) is 1. The molecular weight excluding hydrogens is 256 g/mol. The fraction of sp³-hybridized carbons (Fsp3) is 0.467. The molecule has 0 saturated carbocycles. The molecule has 1 atom stereocenters. The van der Waals surface area contributed by atoms with Gasteiger partial charge >= 0.3 is 0 Å². The Morgan fingerprint density at radius 1 is 1.26 bits per heavy atom. The summed E-state index contributed by atoms with van der Waals surface area (Å²) in [5, 5.41) is 0. The van der Waals surface area contributed by atoms with Crippen molar-refractivity contribution in [3.8, 4) is 0 Å². The highest BCUT2D eigenvalue weighted by Gasteiger charge is 2.15. The van der Waals surface area contributed by atoms with E-state index >= 15 is 0 Å². The number of thiocarbonyl (C=S) groups is 1. The van der Waals surface area contributed by atoms with Gasteiger partial charge in [0.05, 0.1) is 4.99 Å². The molecule has 1 amide bonds. The molecule has 0 radical (unpaired) electrons. The van der Waals surface area contributed by atoms with Crippen LogP contribution in [0.1, 0.15) is 42.6 Å². The van der Waals surface area contributed by atoms with E-state index in [-0.39, 0.29) is 11.8 Å². The lowest BCUT2D eigenvalue weighted by molar-refractivity contribution is 0.0787. The Kier molecular flexibility index (Phi) is 5.48. The number of nitrogens with two attached hydrogens (primary N) is 1. The fourth-order valence-corrected chi connectivity index (χ4v) is 1.89. The second kappa shape index (κ2) is 6.66. The lowest BCUT2D eigenvalue weighted by Gasteiger charge is -2.21. The Labute approximate surface area is 120 Å². The first kappa shape index (κ1) is 15.6. The largest absolute Gasteiger partial charge is 0.393 e. The minimum absolute atomic E-state index is 0.00148. The van der Waals surface area contributed by atoms with Gasteiger partial charge in [0.25, 0.3) is 5.91 Å². The van der Waals surface area contributed by atoms with Crippen molar-refractivity contribution in [3.63, 3.8) is 0 Å². The Balaban J connectivity index is 2.74. The highest BCUT2D eigenvalue weighted by molar-refractivity contribution is 7.80. The molecule has 1 aromatic rings. The summed E-state index contributed by atoms with van der Waals surface area (Å²) in [4.78, 5) is 14.3. The van der Waals surface area contributed by atoms with Gasteiger partial charge in [0.15, 0.2) is 0 Å². The summed E-state index contributed by atoms with van der Waals surface area (Å²) < 4.78 is 0. The molecule has 0 heterocycles. The van der Waals surface area contributed by atoms with Crippen LogP contribution < -0.4 is 5.73 Å². The third-order valence-electron chi connectivity index (χ3n) is 3.20. The molecular formula is C15H22N2OS. The minimum atomic E-state index is -0.00148. The number of carbonyl (C=O) groups is 1. The molecule has 0 aliphatic rings. The van der Waals surface area contributed by atoms with Crippen LogP contribution in [-0.4, -0.2) is 29.4 Å². The Hall–Kier alpha value is -1.42. The molecule has 0 spiro atoms. The molecule has 19 heavy (non-hydrogen) atoms. The molecule has 4 heteroatoms. The highest BCUT2D eigenvalue weighted by Crippen LogP contribution is 2.15. The van der Waals surface area contributed by atoms with Gasteiger partial charge in [0.1, 0.15) is 0 Å².